The first kappa shape index (κ1) is 24.0. The lowest BCUT2D eigenvalue weighted by Gasteiger charge is -2.36. The summed E-state index contributed by atoms with van der Waals surface area (Å²) in [5.41, 5.74) is 3.83. The fourth-order valence-electron chi connectivity index (χ4n) is 3.23. The van der Waals surface area contributed by atoms with Gasteiger partial charge in [-0.3, -0.25) is 4.79 Å². The molecule has 1 aromatic rings. The first-order chi connectivity index (χ1) is 14.2. The van der Waals surface area contributed by atoms with Crippen LogP contribution in [-0.4, -0.2) is 68.4 Å². The van der Waals surface area contributed by atoms with E-state index >= 15 is 0 Å². The number of nitrogens with two attached hydrogens (primary N) is 1. The number of amides is 1. The molecular formula is C21H31N3O5S. The summed E-state index contributed by atoms with van der Waals surface area (Å²) in [6.45, 7) is 3.47. The third-order valence-electron chi connectivity index (χ3n) is 5.05. The number of aliphatic hydroxyl groups is 1. The number of anilines is 1. The molecule has 1 fully saturated rings. The summed E-state index contributed by atoms with van der Waals surface area (Å²) in [5, 5.41) is 10.5. The Morgan fingerprint density at radius 1 is 1.27 bits per heavy atom. The summed E-state index contributed by atoms with van der Waals surface area (Å²) in [7, 11) is -2.33. The number of nitrogens with zero attached hydrogens (tertiary/aromatic N) is 2. The summed E-state index contributed by atoms with van der Waals surface area (Å²) in [5.74, 6) is 3.84. The van der Waals surface area contributed by atoms with Gasteiger partial charge in [0, 0.05) is 44.4 Å². The molecular weight excluding hydrogens is 406 g/mol. The monoisotopic (exact) mass is 437 g/mol. The van der Waals surface area contributed by atoms with Gasteiger partial charge in [-0.05, 0) is 18.6 Å². The number of ether oxygens (including phenoxy) is 1. The second-order valence-corrected chi connectivity index (χ2v) is 9.30. The molecule has 1 aliphatic rings. The smallest absolute Gasteiger partial charge is 0.263 e. The van der Waals surface area contributed by atoms with Crippen LogP contribution in [0.2, 0.25) is 0 Å². The molecule has 0 aromatic heterocycles. The minimum atomic E-state index is -3.92. The highest BCUT2D eigenvalue weighted by atomic mass is 32.2. The predicted molar refractivity (Wildman–Crippen MR) is 117 cm³/mol. The lowest BCUT2D eigenvalue weighted by atomic mass is 10.1. The molecule has 0 spiro atoms. The lowest BCUT2D eigenvalue weighted by Crippen LogP contribution is -2.55. The molecule has 1 aliphatic heterocycles. The van der Waals surface area contributed by atoms with Crippen LogP contribution in [-0.2, 0) is 14.8 Å². The van der Waals surface area contributed by atoms with Crippen molar-refractivity contribution >= 4 is 21.6 Å². The van der Waals surface area contributed by atoms with Gasteiger partial charge >= 0.3 is 0 Å². The molecule has 1 heterocycles. The number of carbonyl (C=O) groups excluding carboxylic acids is 1. The van der Waals surface area contributed by atoms with E-state index in [1.165, 1.54) is 4.31 Å². The van der Waals surface area contributed by atoms with Crippen LogP contribution in [0.1, 0.15) is 32.6 Å². The average Bonchev–Trinajstić information content (AvgIpc) is 2.73. The number of benzene rings is 1. The first-order valence-electron chi connectivity index (χ1n) is 10.1. The lowest BCUT2D eigenvalue weighted by molar-refractivity contribution is -0.129. The molecule has 0 bridgehead atoms. The van der Waals surface area contributed by atoms with E-state index < -0.39 is 27.3 Å². The van der Waals surface area contributed by atoms with Gasteiger partial charge in [0.25, 0.3) is 5.91 Å². The van der Waals surface area contributed by atoms with Crippen molar-refractivity contribution in [2.75, 3.05) is 43.9 Å². The van der Waals surface area contributed by atoms with Crippen LogP contribution in [0.3, 0.4) is 0 Å². The van der Waals surface area contributed by atoms with Crippen LogP contribution in [0.5, 0.6) is 5.75 Å². The summed E-state index contributed by atoms with van der Waals surface area (Å²) >= 11 is 0. The van der Waals surface area contributed by atoms with E-state index in [2.05, 4.69) is 16.7 Å². The molecule has 30 heavy (non-hydrogen) atoms. The Balaban J connectivity index is 2.03. The summed E-state index contributed by atoms with van der Waals surface area (Å²) in [6, 6.07) is 7.55. The quantitative estimate of drug-likeness (QED) is 0.439. The highest BCUT2D eigenvalue weighted by molar-refractivity contribution is 7.89. The third-order valence-corrected chi connectivity index (χ3v) is 6.98. The number of unbranched alkanes of at least 4 members (excludes halogenated alkanes) is 3. The van der Waals surface area contributed by atoms with Crippen molar-refractivity contribution in [2.24, 2.45) is 5.73 Å². The molecule has 166 valence electrons. The topological polar surface area (TPSA) is 113 Å². The van der Waals surface area contributed by atoms with Crippen molar-refractivity contribution < 1.29 is 23.1 Å². The molecule has 0 saturated carbocycles. The zero-order valence-corrected chi connectivity index (χ0v) is 18.5. The van der Waals surface area contributed by atoms with Gasteiger partial charge in [0.15, 0.2) is 0 Å². The van der Waals surface area contributed by atoms with Crippen molar-refractivity contribution in [1.82, 2.24) is 4.31 Å². The largest absolute Gasteiger partial charge is 0.497 e. The normalized spacial score (nSPS) is 17.0. The zero-order chi connectivity index (χ0) is 22.2. The minimum Gasteiger partial charge on any atom is -0.497 e. The van der Waals surface area contributed by atoms with Gasteiger partial charge in [0.1, 0.15) is 11.5 Å². The molecule has 1 amide bonds. The molecule has 3 N–H and O–H groups in total. The van der Waals surface area contributed by atoms with Crippen molar-refractivity contribution in [1.29, 1.82) is 0 Å². The fourth-order valence-corrected chi connectivity index (χ4v) is 4.87. The van der Waals surface area contributed by atoms with Gasteiger partial charge in [-0.25, -0.2) is 8.42 Å². The fraction of sp³-hybridized carbons (Fsp3) is 0.571. The Labute approximate surface area is 179 Å². The Kier molecular flexibility index (Phi) is 8.53. The second-order valence-electron chi connectivity index (χ2n) is 7.33. The van der Waals surface area contributed by atoms with Crippen LogP contribution in [0.15, 0.2) is 24.3 Å². The van der Waals surface area contributed by atoms with E-state index in [1.54, 1.807) is 7.11 Å². The molecule has 1 aromatic carbocycles. The maximum atomic E-state index is 12.8. The van der Waals surface area contributed by atoms with Crippen LogP contribution < -0.4 is 15.4 Å². The summed E-state index contributed by atoms with van der Waals surface area (Å²) in [6.07, 6.45) is 3.28. The van der Waals surface area contributed by atoms with Gasteiger partial charge in [0.2, 0.25) is 15.6 Å². The van der Waals surface area contributed by atoms with Gasteiger partial charge < -0.3 is 20.5 Å². The SMILES string of the molecule is CCCCCC#CC(O)(CS(=O)(=O)N1CCN(c2cccc(OC)c2)CC1)C(N)=O. The second kappa shape index (κ2) is 10.7. The number of methoxy groups -OCH3 is 1. The molecule has 1 saturated heterocycles. The molecule has 0 aliphatic carbocycles. The van der Waals surface area contributed by atoms with E-state index in [9.17, 15) is 18.3 Å². The van der Waals surface area contributed by atoms with Crippen LogP contribution in [0, 0.1) is 11.8 Å². The number of carbonyl (C=O) groups is 1. The molecule has 8 nitrogen and oxygen atoms in total. The third kappa shape index (κ3) is 6.36. The van der Waals surface area contributed by atoms with Gasteiger partial charge in [0.05, 0.1) is 7.11 Å². The Hall–Kier alpha value is -2.28. The van der Waals surface area contributed by atoms with E-state index in [1.807, 2.05) is 31.2 Å². The van der Waals surface area contributed by atoms with E-state index in [4.69, 9.17) is 10.5 Å². The summed E-state index contributed by atoms with van der Waals surface area (Å²) < 4.78 is 32.2. The first-order valence-corrected chi connectivity index (χ1v) is 11.7. The summed E-state index contributed by atoms with van der Waals surface area (Å²) in [4.78, 5) is 13.8. The number of hydrogen-bond acceptors (Lipinski definition) is 6. The van der Waals surface area contributed by atoms with Crippen LogP contribution in [0.25, 0.3) is 0 Å². The maximum Gasteiger partial charge on any atom is 0.263 e. The highest BCUT2D eigenvalue weighted by Gasteiger charge is 2.40. The Morgan fingerprint density at radius 3 is 2.57 bits per heavy atom. The number of sulfonamides is 1. The number of rotatable bonds is 9. The molecule has 0 radical (unpaired) electrons. The van der Waals surface area contributed by atoms with Gasteiger partial charge in [-0.15, -0.1) is 0 Å². The van der Waals surface area contributed by atoms with E-state index in [0.29, 0.717) is 19.5 Å². The van der Waals surface area contributed by atoms with Crippen molar-refractivity contribution in [3.8, 4) is 17.6 Å². The standard InChI is InChI=1S/C21H31N3O5S/c1-3-4-5-6-7-11-21(26,20(22)25)17-30(27,28)24-14-12-23(13-15-24)18-9-8-10-19(16-18)29-2/h8-10,16,26H,3-6,12-15,17H2,1-2H3,(H2,22,25). The average molecular weight is 438 g/mol. The number of piperazine rings is 1. The molecule has 2 rings (SSSR count). The van der Waals surface area contributed by atoms with E-state index in [-0.39, 0.29) is 13.1 Å². The highest BCUT2D eigenvalue weighted by Crippen LogP contribution is 2.23. The minimum absolute atomic E-state index is 0.234. The van der Waals surface area contributed by atoms with Gasteiger partial charge in [-0.2, -0.15) is 4.31 Å². The van der Waals surface area contributed by atoms with Crippen molar-refractivity contribution in [3.05, 3.63) is 24.3 Å². The Morgan fingerprint density at radius 2 is 1.97 bits per heavy atom. The van der Waals surface area contributed by atoms with Gasteiger partial charge in [-0.1, -0.05) is 37.7 Å². The van der Waals surface area contributed by atoms with E-state index in [0.717, 1.165) is 30.7 Å². The van der Waals surface area contributed by atoms with Crippen molar-refractivity contribution in [3.63, 3.8) is 0 Å². The molecule has 1 atom stereocenters. The molecule has 9 heteroatoms. The predicted octanol–water partition coefficient (Wildman–Crippen LogP) is 0.947. The number of hydrogen-bond donors (Lipinski definition) is 2. The zero-order valence-electron chi connectivity index (χ0n) is 17.6. The molecule has 1 unspecified atom stereocenters. The maximum absolute atomic E-state index is 12.8. The number of primary amides is 1. The van der Waals surface area contributed by atoms with Crippen LogP contribution in [0.4, 0.5) is 5.69 Å². The van der Waals surface area contributed by atoms with Crippen molar-refractivity contribution in [2.45, 2.75) is 38.2 Å². The Bertz CT molecular complexity index is 885. The van der Waals surface area contributed by atoms with Crippen LogP contribution >= 0.6 is 0 Å².